The van der Waals surface area contributed by atoms with Crippen LogP contribution in [0.1, 0.15) is 18.4 Å². The molecule has 2 nitrogen and oxygen atoms in total. The second kappa shape index (κ2) is 3.54. The SMILES string of the molecule is NCC(O)(c1cccc(F)c1F)C1CC1. The van der Waals surface area contributed by atoms with Crippen LogP contribution in [0.4, 0.5) is 8.78 Å². The van der Waals surface area contributed by atoms with E-state index in [1.54, 1.807) is 0 Å². The summed E-state index contributed by atoms with van der Waals surface area (Å²) in [6, 6.07) is 3.81. The molecule has 4 heteroatoms. The summed E-state index contributed by atoms with van der Waals surface area (Å²) in [5.41, 5.74) is 4.03. The highest BCUT2D eigenvalue weighted by Crippen LogP contribution is 2.45. The van der Waals surface area contributed by atoms with Gasteiger partial charge in [0.05, 0.1) is 0 Å². The number of halogens is 2. The van der Waals surface area contributed by atoms with E-state index in [1.807, 2.05) is 0 Å². The molecule has 1 aromatic carbocycles. The summed E-state index contributed by atoms with van der Waals surface area (Å²) < 4.78 is 26.5. The zero-order chi connectivity index (χ0) is 11.1. The quantitative estimate of drug-likeness (QED) is 0.799. The molecule has 0 heterocycles. The molecular formula is C11H13F2NO. The number of benzene rings is 1. The van der Waals surface area contributed by atoms with Crippen molar-refractivity contribution in [1.82, 2.24) is 0 Å². The van der Waals surface area contributed by atoms with Crippen molar-refractivity contribution in [2.75, 3.05) is 6.54 Å². The number of nitrogens with two attached hydrogens (primary N) is 1. The first kappa shape index (κ1) is 10.5. The molecule has 1 aromatic rings. The first-order valence-corrected chi connectivity index (χ1v) is 4.96. The molecule has 0 aromatic heterocycles. The van der Waals surface area contributed by atoms with Gasteiger partial charge in [-0.2, -0.15) is 0 Å². The van der Waals surface area contributed by atoms with Gasteiger partial charge in [0.2, 0.25) is 0 Å². The van der Waals surface area contributed by atoms with Gasteiger partial charge in [-0.15, -0.1) is 0 Å². The van der Waals surface area contributed by atoms with Gasteiger partial charge in [0.1, 0.15) is 5.60 Å². The van der Waals surface area contributed by atoms with Gasteiger partial charge in [0.25, 0.3) is 0 Å². The summed E-state index contributed by atoms with van der Waals surface area (Å²) in [7, 11) is 0. The Bertz CT molecular complexity index is 379. The Morgan fingerprint density at radius 3 is 2.60 bits per heavy atom. The minimum Gasteiger partial charge on any atom is -0.383 e. The van der Waals surface area contributed by atoms with E-state index >= 15 is 0 Å². The molecule has 1 aliphatic rings. The van der Waals surface area contributed by atoms with Gasteiger partial charge in [0.15, 0.2) is 11.6 Å². The molecule has 1 unspecified atom stereocenters. The van der Waals surface area contributed by atoms with Gasteiger partial charge in [-0.05, 0) is 24.8 Å². The molecule has 0 amide bonds. The first-order chi connectivity index (χ1) is 7.09. The fourth-order valence-electron chi connectivity index (χ4n) is 1.90. The highest BCUT2D eigenvalue weighted by atomic mass is 19.2. The molecule has 1 aliphatic carbocycles. The van der Waals surface area contributed by atoms with E-state index < -0.39 is 17.2 Å². The summed E-state index contributed by atoms with van der Waals surface area (Å²) in [5.74, 6) is -1.98. The summed E-state index contributed by atoms with van der Waals surface area (Å²) in [6.45, 7) is -0.0853. The van der Waals surface area contributed by atoms with Crippen LogP contribution in [0.15, 0.2) is 18.2 Å². The Labute approximate surface area is 86.7 Å². The fourth-order valence-corrected chi connectivity index (χ4v) is 1.90. The molecule has 15 heavy (non-hydrogen) atoms. The lowest BCUT2D eigenvalue weighted by atomic mass is 9.88. The van der Waals surface area contributed by atoms with E-state index in [-0.39, 0.29) is 18.0 Å². The maximum atomic E-state index is 13.5. The van der Waals surface area contributed by atoms with Gasteiger partial charge >= 0.3 is 0 Å². The maximum absolute atomic E-state index is 13.5. The van der Waals surface area contributed by atoms with Crippen LogP contribution in [0.3, 0.4) is 0 Å². The molecule has 0 bridgehead atoms. The monoisotopic (exact) mass is 213 g/mol. The highest BCUT2D eigenvalue weighted by Gasteiger charge is 2.45. The molecule has 3 N–H and O–H groups in total. The second-order valence-corrected chi connectivity index (χ2v) is 4.00. The van der Waals surface area contributed by atoms with Crippen LogP contribution in [0, 0.1) is 17.6 Å². The Morgan fingerprint density at radius 2 is 2.07 bits per heavy atom. The van der Waals surface area contributed by atoms with Crippen molar-refractivity contribution in [3.05, 3.63) is 35.4 Å². The van der Waals surface area contributed by atoms with Crippen molar-refractivity contribution in [2.24, 2.45) is 11.7 Å². The molecular weight excluding hydrogens is 200 g/mol. The second-order valence-electron chi connectivity index (χ2n) is 4.00. The van der Waals surface area contributed by atoms with Crippen molar-refractivity contribution < 1.29 is 13.9 Å². The van der Waals surface area contributed by atoms with Crippen LogP contribution in [0.25, 0.3) is 0 Å². The summed E-state index contributed by atoms with van der Waals surface area (Å²) in [5, 5.41) is 10.2. The van der Waals surface area contributed by atoms with E-state index in [4.69, 9.17) is 5.73 Å². The van der Waals surface area contributed by atoms with E-state index in [0.717, 1.165) is 18.9 Å². The maximum Gasteiger partial charge on any atom is 0.164 e. The van der Waals surface area contributed by atoms with Crippen LogP contribution in [-0.2, 0) is 5.60 Å². The van der Waals surface area contributed by atoms with Crippen molar-refractivity contribution in [1.29, 1.82) is 0 Å². The number of aliphatic hydroxyl groups is 1. The highest BCUT2D eigenvalue weighted by molar-refractivity contribution is 5.28. The first-order valence-electron chi connectivity index (χ1n) is 4.96. The average Bonchev–Trinajstić information content (AvgIpc) is 3.05. The lowest BCUT2D eigenvalue weighted by molar-refractivity contribution is 0.0181. The molecule has 82 valence electrons. The van der Waals surface area contributed by atoms with Gasteiger partial charge in [-0.3, -0.25) is 0 Å². The van der Waals surface area contributed by atoms with Crippen LogP contribution < -0.4 is 5.73 Å². The van der Waals surface area contributed by atoms with E-state index in [2.05, 4.69) is 0 Å². The average molecular weight is 213 g/mol. The predicted molar refractivity (Wildman–Crippen MR) is 52.0 cm³/mol. The van der Waals surface area contributed by atoms with Gasteiger partial charge in [0, 0.05) is 12.1 Å². The predicted octanol–water partition coefficient (Wildman–Crippen LogP) is 1.52. The van der Waals surface area contributed by atoms with Crippen molar-refractivity contribution in [2.45, 2.75) is 18.4 Å². The molecule has 0 aliphatic heterocycles. The van der Waals surface area contributed by atoms with Crippen molar-refractivity contribution in [3.63, 3.8) is 0 Å². The zero-order valence-electron chi connectivity index (χ0n) is 8.21. The normalized spacial score (nSPS) is 20.0. The Kier molecular flexibility index (Phi) is 2.48. The van der Waals surface area contributed by atoms with E-state index in [1.165, 1.54) is 12.1 Å². The van der Waals surface area contributed by atoms with Gasteiger partial charge in [-0.1, -0.05) is 12.1 Å². The Hall–Kier alpha value is -1.00. The van der Waals surface area contributed by atoms with Gasteiger partial charge in [-0.25, -0.2) is 8.78 Å². The topological polar surface area (TPSA) is 46.2 Å². The number of rotatable bonds is 3. The Morgan fingerprint density at radius 1 is 1.40 bits per heavy atom. The summed E-state index contributed by atoms with van der Waals surface area (Å²) in [4.78, 5) is 0. The summed E-state index contributed by atoms with van der Waals surface area (Å²) in [6.07, 6.45) is 1.62. The third-order valence-electron chi connectivity index (χ3n) is 2.98. The molecule has 2 rings (SSSR count). The van der Waals surface area contributed by atoms with Crippen LogP contribution in [-0.4, -0.2) is 11.7 Å². The van der Waals surface area contributed by atoms with Crippen LogP contribution in [0.5, 0.6) is 0 Å². The van der Waals surface area contributed by atoms with Crippen LogP contribution in [0.2, 0.25) is 0 Å². The largest absolute Gasteiger partial charge is 0.383 e. The molecule has 0 radical (unpaired) electrons. The van der Waals surface area contributed by atoms with E-state index in [9.17, 15) is 13.9 Å². The van der Waals surface area contributed by atoms with Gasteiger partial charge < -0.3 is 10.8 Å². The van der Waals surface area contributed by atoms with Crippen molar-refractivity contribution in [3.8, 4) is 0 Å². The summed E-state index contributed by atoms with van der Waals surface area (Å²) >= 11 is 0. The number of hydrogen-bond acceptors (Lipinski definition) is 2. The smallest absolute Gasteiger partial charge is 0.164 e. The minimum absolute atomic E-state index is 0.0208. The van der Waals surface area contributed by atoms with Crippen LogP contribution >= 0.6 is 0 Å². The lowest BCUT2D eigenvalue weighted by Gasteiger charge is -2.27. The minimum atomic E-state index is -1.41. The van der Waals surface area contributed by atoms with E-state index in [0.29, 0.717) is 0 Å². The lowest BCUT2D eigenvalue weighted by Crippen LogP contribution is -2.38. The number of hydrogen-bond donors (Lipinski definition) is 2. The molecule has 0 spiro atoms. The molecule has 1 atom stereocenters. The molecule has 1 fully saturated rings. The molecule has 1 saturated carbocycles. The van der Waals surface area contributed by atoms with Crippen molar-refractivity contribution >= 4 is 0 Å². The fraction of sp³-hybridized carbons (Fsp3) is 0.455. The zero-order valence-corrected chi connectivity index (χ0v) is 8.21. The standard InChI is InChI=1S/C11H13F2NO/c12-9-3-1-2-8(10(9)13)11(15,6-14)7-4-5-7/h1-3,7,15H,4-6,14H2. The Balaban J connectivity index is 2.46. The third kappa shape index (κ3) is 1.64. The third-order valence-corrected chi connectivity index (χ3v) is 2.98. The molecule has 0 saturated heterocycles.